The van der Waals surface area contributed by atoms with Crippen LogP contribution in [0.1, 0.15) is 39.0 Å². The second kappa shape index (κ2) is 9.80. The van der Waals surface area contributed by atoms with Gasteiger partial charge in [-0.25, -0.2) is 8.42 Å². The van der Waals surface area contributed by atoms with Gasteiger partial charge in [0.2, 0.25) is 11.8 Å². The number of likely N-dealkylation sites (tertiary alicyclic amines) is 1. The fraction of sp³-hybridized carbons (Fsp3) is 0.464. The lowest BCUT2D eigenvalue weighted by molar-refractivity contribution is -0.199. The molecule has 1 saturated heterocycles. The molecule has 0 aromatic heterocycles. The van der Waals surface area contributed by atoms with Gasteiger partial charge in [0.1, 0.15) is 22.7 Å². The SMILES string of the molecule is CCOc1ccccc1-c1ccc(S(=O)(=O)C2CC(C(=O)NC3(C#N)CC3)N(C(=O)C3(C(F)(F)F)CC3)C2)cc1. The lowest BCUT2D eigenvalue weighted by Gasteiger charge is -2.29. The second-order valence-corrected chi connectivity index (χ2v) is 12.8. The number of amides is 2. The number of halogens is 3. The first-order valence-corrected chi connectivity index (χ1v) is 14.6. The number of rotatable bonds is 8. The summed E-state index contributed by atoms with van der Waals surface area (Å²) in [4.78, 5) is 27.0. The fourth-order valence-electron chi connectivity index (χ4n) is 5.23. The largest absolute Gasteiger partial charge is 0.493 e. The van der Waals surface area contributed by atoms with Crippen LogP contribution in [0, 0.1) is 16.7 Å². The van der Waals surface area contributed by atoms with E-state index in [1.54, 1.807) is 18.2 Å². The Morgan fingerprint density at radius 3 is 2.30 bits per heavy atom. The van der Waals surface area contributed by atoms with Gasteiger partial charge in [-0.1, -0.05) is 30.3 Å². The monoisotopic (exact) mass is 575 g/mol. The molecular formula is C28H28F3N3O5S. The predicted octanol–water partition coefficient (Wildman–Crippen LogP) is 4.01. The lowest BCUT2D eigenvalue weighted by atomic mass is 10.0. The molecule has 8 nitrogen and oxygen atoms in total. The molecule has 2 aromatic rings. The maximum Gasteiger partial charge on any atom is 0.403 e. The number of carbonyl (C=O) groups is 2. The smallest absolute Gasteiger partial charge is 0.403 e. The van der Waals surface area contributed by atoms with E-state index in [0.29, 0.717) is 30.8 Å². The Bertz CT molecular complexity index is 1480. The molecule has 2 atom stereocenters. The Balaban J connectivity index is 1.42. The molecule has 3 aliphatic rings. The quantitative estimate of drug-likeness (QED) is 0.509. The predicted molar refractivity (Wildman–Crippen MR) is 138 cm³/mol. The maximum absolute atomic E-state index is 13.8. The number of alkyl halides is 3. The Morgan fingerprint density at radius 2 is 1.75 bits per heavy atom. The first-order valence-electron chi connectivity index (χ1n) is 13.0. The third-order valence-electron chi connectivity index (χ3n) is 7.97. The van der Waals surface area contributed by atoms with Crippen molar-refractivity contribution >= 4 is 21.7 Å². The highest BCUT2D eigenvalue weighted by atomic mass is 32.2. The summed E-state index contributed by atoms with van der Waals surface area (Å²) in [5.41, 5.74) is -2.27. The van der Waals surface area contributed by atoms with Crippen LogP contribution in [0.5, 0.6) is 5.75 Å². The molecule has 1 aliphatic heterocycles. The van der Waals surface area contributed by atoms with Gasteiger partial charge in [-0.3, -0.25) is 9.59 Å². The summed E-state index contributed by atoms with van der Waals surface area (Å²) in [7, 11) is -4.14. The molecule has 3 fully saturated rings. The van der Waals surface area contributed by atoms with Gasteiger partial charge < -0.3 is 15.0 Å². The molecule has 1 heterocycles. The first kappa shape index (κ1) is 28.0. The number of ether oxygens (including phenoxy) is 1. The summed E-state index contributed by atoms with van der Waals surface area (Å²) in [6.07, 6.45) is -5.26. The molecule has 212 valence electrons. The standard InChI is InChI=1S/C28H28F3N3O5S/c1-2-39-23-6-4-3-5-21(23)18-7-9-19(10-8-18)40(37,38)20-15-22(24(35)33-26(17-32)11-12-26)34(16-20)25(36)27(13-14-27)28(29,30)31/h3-10,20,22H,2,11-16H2,1H3,(H,33,35). The lowest BCUT2D eigenvalue weighted by Crippen LogP contribution is -2.53. The molecule has 5 rings (SSSR count). The average Bonchev–Trinajstić information content (AvgIpc) is 3.85. The Hall–Kier alpha value is -3.59. The first-order chi connectivity index (χ1) is 18.9. The molecule has 2 aromatic carbocycles. The van der Waals surface area contributed by atoms with Crippen molar-refractivity contribution in [1.29, 1.82) is 5.26 Å². The van der Waals surface area contributed by atoms with E-state index in [1.807, 2.05) is 31.2 Å². The minimum atomic E-state index is -4.82. The molecule has 0 radical (unpaired) electrons. The van der Waals surface area contributed by atoms with Crippen LogP contribution >= 0.6 is 0 Å². The van der Waals surface area contributed by atoms with E-state index >= 15 is 0 Å². The summed E-state index contributed by atoms with van der Waals surface area (Å²) in [6, 6.07) is 13.8. The summed E-state index contributed by atoms with van der Waals surface area (Å²) < 4.78 is 74.3. The zero-order valence-electron chi connectivity index (χ0n) is 21.7. The van der Waals surface area contributed by atoms with Crippen LogP contribution in [0.25, 0.3) is 11.1 Å². The van der Waals surface area contributed by atoms with Crippen LogP contribution in [0.4, 0.5) is 13.2 Å². The Kier molecular flexibility index (Phi) is 6.85. The average molecular weight is 576 g/mol. The molecule has 2 amide bonds. The van der Waals surface area contributed by atoms with Gasteiger partial charge >= 0.3 is 6.18 Å². The molecule has 2 saturated carbocycles. The van der Waals surface area contributed by atoms with Crippen molar-refractivity contribution in [2.75, 3.05) is 13.2 Å². The maximum atomic E-state index is 13.8. The van der Waals surface area contributed by atoms with Gasteiger partial charge in [0, 0.05) is 12.1 Å². The van der Waals surface area contributed by atoms with E-state index in [4.69, 9.17) is 4.74 Å². The van der Waals surface area contributed by atoms with Gasteiger partial charge in [-0.05, 0) is 62.8 Å². The van der Waals surface area contributed by atoms with Crippen molar-refractivity contribution in [1.82, 2.24) is 10.2 Å². The minimum Gasteiger partial charge on any atom is -0.493 e. The number of nitriles is 1. The Morgan fingerprint density at radius 1 is 1.10 bits per heavy atom. The number of sulfone groups is 1. The summed E-state index contributed by atoms with van der Waals surface area (Å²) in [5.74, 6) is -1.47. The Labute approximate surface area is 230 Å². The van der Waals surface area contributed by atoms with Crippen molar-refractivity contribution in [2.45, 2.75) is 66.9 Å². The van der Waals surface area contributed by atoms with Crippen molar-refractivity contribution < 1.29 is 35.9 Å². The molecule has 0 bridgehead atoms. The van der Waals surface area contributed by atoms with Gasteiger partial charge in [0.05, 0.1) is 22.8 Å². The summed E-state index contributed by atoms with van der Waals surface area (Å²) in [6.45, 7) is 1.74. The van der Waals surface area contributed by atoms with E-state index in [-0.39, 0.29) is 11.3 Å². The zero-order valence-corrected chi connectivity index (χ0v) is 22.5. The molecule has 0 spiro atoms. The fourth-order valence-corrected chi connectivity index (χ4v) is 6.92. The van der Waals surface area contributed by atoms with Gasteiger partial charge in [0.15, 0.2) is 9.84 Å². The van der Waals surface area contributed by atoms with Crippen molar-refractivity contribution in [3.63, 3.8) is 0 Å². The number of para-hydroxylation sites is 1. The molecular weight excluding hydrogens is 547 g/mol. The van der Waals surface area contributed by atoms with Gasteiger partial charge in [-0.15, -0.1) is 0 Å². The van der Waals surface area contributed by atoms with Crippen molar-refractivity contribution in [2.24, 2.45) is 5.41 Å². The number of nitrogens with one attached hydrogen (secondary N) is 1. The topological polar surface area (TPSA) is 117 Å². The highest BCUT2D eigenvalue weighted by Gasteiger charge is 2.70. The van der Waals surface area contributed by atoms with E-state index in [0.717, 1.165) is 10.5 Å². The van der Waals surface area contributed by atoms with Crippen LogP contribution in [0.3, 0.4) is 0 Å². The van der Waals surface area contributed by atoms with E-state index in [1.165, 1.54) is 12.1 Å². The minimum absolute atomic E-state index is 0.0729. The zero-order chi connectivity index (χ0) is 28.9. The van der Waals surface area contributed by atoms with Crippen LogP contribution in [0.2, 0.25) is 0 Å². The van der Waals surface area contributed by atoms with Crippen LogP contribution in [-0.4, -0.2) is 61.3 Å². The molecule has 40 heavy (non-hydrogen) atoms. The van der Waals surface area contributed by atoms with Crippen LogP contribution < -0.4 is 10.1 Å². The number of benzene rings is 2. The summed E-state index contributed by atoms with van der Waals surface area (Å²) >= 11 is 0. The number of nitrogens with zero attached hydrogens (tertiary/aromatic N) is 2. The van der Waals surface area contributed by atoms with Crippen molar-refractivity contribution in [3.05, 3.63) is 48.5 Å². The molecule has 12 heteroatoms. The number of hydrogen-bond acceptors (Lipinski definition) is 6. The van der Waals surface area contributed by atoms with E-state index in [9.17, 15) is 36.4 Å². The van der Waals surface area contributed by atoms with Crippen molar-refractivity contribution in [3.8, 4) is 22.9 Å². The van der Waals surface area contributed by atoms with Gasteiger partial charge in [0.25, 0.3) is 0 Å². The third-order valence-corrected chi connectivity index (χ3v) is 10.1. The number of carbonyl (C=O) groups excluding carboxylic acids is 2. The summed E-state index contributed by atoms with van der Waals surface area (Å²) in [5, 5.41) is 10.6. The third kappa shape index (κ3) is 4.80. The van der Waals surface area contributed by atoms with Gasteiger partial charge in [-0.2, -0.15) is 18.4 Å². The van der Waals surface area contributed by atoms with Crippen LogP contribution in [0.15, 0.2) is 53.4 Å². The highest BCUT2D eigenvalue weighted by molar-refractivity contribution is 7.92. The molecule has 2 unspecified atom stereocenters. The normalized spacial score (nSPS) is 22.7. The highest BCUT2D eigenvalue weighted by Crippen LogP contribution is 2.59. The van der Waals surface area contributed by atoms with E-state index < -0.39 is 69.5 Å². The van der Waals surface area contributed by atoms with E-state index in [2.05, 4.69) is 5.32 Å². The van der Waals surface area contributed by atoms with Crippen LogP contribution in [-0.2, 0) is 19.4 Å². The molecule has 1 N–H and O–H groups in total. The number of hydrogen-bond donors (Lipinski definition) is 1. The molecule has 2 aliphatic carbocycles. The second-order valence-electron chi connectivity index (χ2n) is 10.6.